The number of carbonyl (C=O) groups excluding carboxylic acids is 3. The minimum absolute atomic E-state index is 0.0591. The van der Waals surface area contributed by atoms with Crippen LogP contribution in [0.15, 0.2) is 35.4 Å². The fourth-order valence-electron chi connectivity index (χ4n) is 3.78. The lowest BCUT2D eigenvalue weighted by Crippen LogP contribution is -2.49. The summed E-state index contributed by atoms with van der Waals surface area (Å²) < 4.78 is 5.17. The van der Waals surface area contributed by atoms with E-state index in [-0.39, 0.29) is 41.5 Å². The number of β-lactam (4-membered cyclic amide) rings is 1. The van der Waals surface area contributed by atoms with Crippen LogP contribution in [0.2, 0.25) is 0 Å². The van der Waals surface area contributed by atoms with Crippen molar-refractivity contribution < 1.29 is 29.0 Å². The average molecular weight is 436 g/mol. The molecule has 0 bridgehead atoms. The summed E-state index contributed by atoms with van der Waals surface area (Å²) in [5, 5.41) is 9.49. The van der Waals surface area contributed by atoms with Gasteiger partial charge in [0.1, 0.15) is 12.3 Å². The topological polar surface area (TPSA) is 107 Å². The van der Waals surface area contributed by atoms with Crippen LogP contribution in [0.1, 0.15) is 19.3 Å². The summed E-state index contributed by atoms with van der Waals surface area (Å²) in [6, 6.07) is -0.424. The lowest BCUT2D eigenvalue weighted by atomic mass is 10.0. The first kappa shape index (κ1) is 21.9. The minimum Gasteiger partial charge on any atom is -0.477 e. The number of rotatable bonds is 7. The Balaban J connectivity index is 1.75. The standard InChI is InChI=1S/C20H25N3O6S/c1-4-7-29-20(28)22-11-14(8-12(22)5-6-16(24)21(2)3)30-15-9-13-10-17(25)23(13)18(15)19(26)27/h4-6,12-14H,1,7-11H2,2-3H3,(H,26,27)/b6-5+/t12-,13+,14+/m1/s1. The van der Waals surface area contributed by atoms with Gasteiger partial charge < -0.3 is 24.5 Å². The van der Waals surface area contributed by atoms with Crippen LogP contribution in [0.3, 0.4) is 0 Å². The molecule has 162 valence electrons. The van der Waals surface area contributed by atoms with E-state index in [1.165, 1.54) is 38.6 Å². The third-order valence-corrected chi connectivity index (χ3v) is 6.57. The predicted molar refractivity (Wildman–Crippen MR) is 110 cm³/mol. The summed E-state index contributed by atoms with van der Waals surface area (Å²) in [7, 11) is 3.28. The highest BCUT2D eigenvalue weighted by Gasteiger charge is 2.48. The summed E-state index contributed by atoms with van der Waals surface area (Å²) in [6.45, 7) is 3.96. The molecule has 0 aromatic carbocycles. The molecule has 0 aliphatic carbocycles. The molecule has 2 saturated heterocycles. The van der Waals surface area contributed by atoms with Crippen molar-refractivity contribution in [2.24, 2.45) is 0 Å². The first-order valence-electron chi connectivity index (χ1n) is 9.61. The second-order valence-electron chi connectivity index (χ2n) is 7.56. The second kappa shape index (κ2) is 8.95. The molecule has 0 saturated carbocycles. The zero-order valence-corrected chi connectivity index (χ0v) is 17.8. The molecule has 0 unspecified atom stereocenters. The van der Waals surface area contributed by atoms with Crippen molar-refractivity contribution in [3.05, 3.63) is 35.4 Å². The van der Waals surface area contributed by atoms with E-state index in [9.17, 15) is 24.3 Å². The van der Waals surface area contributed by atoms with Gasteiger partial charge in [0.2, 0.25) is 11.8 Å². The number of fused-ring (bicyclic) bond motifs is 1. The Morgan fingerprint density at radius 2 is 2.07 bits per heavy atom. The normalized spacial score (nSPS) is 25.4. The molecular weight excluding hydrogens is 410 g/mol. The summed E-state index contributed by atoms with van der Waals surface area (Å²) >= 11 is 1.40. The number of carbonyl (C=O) groups is 4. The number of likely N-dealkylation sites (N-methyl/N-ethyl adjacent to an activating group) is 1. The van der Waals surface area contributed by atoms with E-state index in [4.69, 9.17) is 4.74 Å². The van der Waals surface area contributed by atoms with Crippen LogP contribution in [0, 0.1) is 0 Å². The molecule has 1 N–H and O–H groups in total. The van der Waals surface area contributed by atoms with Crippen LogP contribution in [0.25, 0.3) is 0 Å². The molecule has 30 heavy (non-hydrogen) atoms. The number of hydrogen-bond acceptors (Lipinski definition) is 6. The zero-order valence-electron chi connectivity index (χ0n) is 16.9. The van der Waals surface area contributed by atoms with Gasteiger partial charge >= 0.3 is 12.1 Å². The maximum Gasteiger partial charge on any atom is 0.410 e. The fraction of sp³-hybridized carbons (Fsp3) is 0.500. The molecular formula is C20H25N3O6S. The SMILES string of the molecule is C=CCOC(=O)N1C[C@@H](SC2=C(C(=O)O)N3C(=O)C[C@@H]3C2)C[C@H]1/C=C/C(=O)N(C)C. The van der Waals surface area contributed by atoms with Crippen molar-refractivity contribution >= 4 is 35.6 Å². The van der Waals surface area contributed by atoms with Crippen LogP contribution < -0.4 is 0 Å². The number of thioether (sulfide) groups is 1. The van der Waals surface area contributed by atoms with E-state index < -0.39 is 12.1 Å². The number of likely N-dealkylation sites (tertiary alicyclic amines) is 1. The van der Waals surface area contributed by atoms with E-state index in [2.05, 4.69) is 6.58 Å². The van der Waals surface area contributed by atoms with E-state index >= 15 is 0 Å². The average Bonchev–Trinajstić information content (AvgIpc) is 3.22. The molecule has 3 aliphatic heterocycles. The smallest absolute Gasteiger partial charge is 0.410 e. The fourth-order valence-corrected chi connectivity index (χ4v) is 5.30. The van der Waals surface area contributed by atoms with Crippen molar-refractivity contribution in [2.75, 3.05) is 27.2 Å². The predicted octanol–water partition coefficient (Wildman–Crippen LogP) is 1.43. The highest BCUT2D eigenvalue weighted by molar-refractivity contribution is 8.03. The Hall–Kier alpha value is -2.75. The van der Waals surface area contributed by atoms with Gasteiger partial charge in [-0.3, -0.25) is 9.59 Å². The molecule has 9 nitrogen and oxygen atoms in total. The first-order valence-corrected chi connectivity index (χ1v) is 10.5. The number of ether oxygens (including phenoxy) is 1. The van der Waals surface area contributed by atoms with Crippen molar-refractivity contribution in [3.8, 4) is 0 Å². The number of aliphatic carboxylic acids is 1. The van der Waals surface area contributed by atoms with Gasteiger partial charge in [-0.15, -0.1) is 11.8 Å². The molecule has 0 aromatic rings. The molecule has 3 rings (SSSR count). The highest BCUT2D eigenvalue weighted by Crippen LogP contribution is 2.46. The Bertz CT molecular complexity index is 836. The summed E-state index contributed by atoms with van der Waals surface area (Å²) in [5.74, 6) is -1.47. The van der Waals surface area contributed by atoms with E-state index in [1.807, 2.05) is 0 Å². The molecule has 3 atom stereocenters. The van der Waals surface area contributed by atoms with Crippen LogP contribution in [0.4, 0.5) is 4.79 Å². The summed E-state index contributed by atoms with van der Waals surface area (Å²) in [5.41, 5.74) is 0.0591. The van der Waals surface area contributed by atoms with Gasteiger partial charge in [-0.1, -0.05) is 18.7 Å². The molecule has 0 aromatic heterocycles. The molecule has 10 heteroatoms. The number of amides is 3. The van der Waals surface area contributed by atoms with E-state index in [1.54, 1.807) is 20.2 Å². The number of nitrogens with zero attached hydrogens (tertiary/aromatic N) is 3. The highest BCUT2D eigenvalue weighted by atomic mass is 32.2. The zero-order chi connectivity index (χ0) is 22.0. The van der Waals surface area contributed by atoms with Crippen LogP contribution >= 0.6 is 11.8 Å². The maximum atomic E-state index is 12.5. The monoisotopic (exact) mass is 435 g/mol. The lowest BCUT2D eigenvalue weighted by Gasteiger charge is -2.34. The van der Waals surface area contributed by atoms with Crippen LogP contribution in [-0.4, -0.2) is 88.3 Å². The van der Waals surface area contributed by atoms with Gasteiger partial charge in [-0.2, -0.15) is 0 Å². The van der Waals surface area contributed by atoms with Gasteiger partial charge in [0.25, 0.3) is 0 Å². The van der Waals surface area contributed by atoms with Crippen molar-refractivity contribution in [1.29, 1.82) is 0 Å². The van der Waals surface area contributed by atoms with Gasteiger partial charge in [0, 0.05) is 49.7 Å². The van der Waals surface area contributed by atoms with Crippen molar-refractivity contribution in [1.82, 2.24) is 14.7 Å². The van der Waals surface area contributed by atoms with Gasteiger partial charge in [0.05, 0.1) is 12.1 Å². The van der Waals surface area contributed by atoms with Crippen molar-refractivity contribution in [2.45, 2.75) is 36.6 Å². The van der Waals surface area contributed by atoms with Gasteiger partial charge in [0.15, 0.2) is 0 Å². The molecule has 0 spiro atoms. The summed E-state index contributed by atoms with van der Waals surface area (Å²) in [4.78, 5) is 52.9. The lowest BCUT2D eigenvalue weighted by molar-refractivity contribution is -0.147. The van der Waals surface area contributed by atoms with Gasteiger partial charge in [-0.25, -0.2) is 9.59 Å². The van der Waals surface area contributed by atoms with E-state index in [0.29, 0.717) is 30.7 Å². The summed E-state index contributed by atoms with van der Waals surface area (Å²) in [6.07, 6.45) is 5.50. The molecule has 3 heterocycles. The van der Waals surface area contributed by atoms with Crippen LogP contribution in [-0.2, 0) is 19.1 Å². The number of carboxylic acids is 1. The van der Waals surface area contributed by atoms with E-state index in [0.717, 1.165) is 0 Å². The first-order chi connectivity index (χ1) is 14.2. The molecule has 3 amide bonds. The Labute approximate surface area is 179 Å². The number of carboxylic acid groups (broad SMARTS) is 1. The van der Waals surface area contributed by atoms with Crippen molar-refractivity contribution in [3.63, 3.8) is 0 Å². The Morgan fingerprint density at radius 3 is 2.67 bits per heavy atom. The Kier molecular flexibility index (Phi) is 6.55. The van der Waals surface area contributed by atoms with Gasteiger partial charge in [-0.05, 0) is 6.42 Å². The molecule has 3 aliphatic rings. The molecule has 0 radical (unpaired) electrons. The largest absolute Gasteiger partial charge is 0.477 e. The molecule has 2 fully saturated rings. The third-order valence-electron chi connectivity index (χ3n) is 5.25. The second-order valence-corrected chi connectivity index (χ2v) is 8.95. The Morgan fingerprint density at radius 1 is 1.33 bits per heavy atom. The minimum atomic E-state index is -1.11. The van der Waals surface area contributed by atoms with Crippen LogP contribution in [0.5, 0.6) is 0 Å². The number of hydrogen-bond donors (Lipinski definition) is 1. The third kappa shape index (κ3) is 4.38. The quantitative estimate of drug-likeness (QED) is 0.366. The maximum absolute atomic E-state index is 12.5.